The van der Waals surface area contributed by atoms with Crippen LogP contribution in [-0.2, 0) is 11.3 Å². The van der Waals surface area contributed by atoms with Crippen LogP contribution in [0.3, 0.4) is 0 Å². The highest BCUT2D eigenvalue weighted by Gasteiger charge is 2.15. The highest BCUT2D eigenvalue weighted by atomic mass is 16.5. The average molecular weight is 327 g/mol. The van der Waals surface area contributed by atoms with Gasteiger partial charge in [0.15, 0.2) is 0 Å². The van der Waals surface area contributed by atoms with E-state index in [-0.39, 0.29) is 5.91 Å². The molecule has 2 aromatic rings. The lowest BCUT2D eigenvalue weighted by molar-refractivity contribution is -0.921. The molecule has 0 aliphatic carbocycles. The molecular weight excluding hydrogens is 304 g/mol. The molecule has 0 aromatic heterocycles. The fraction of sp³-hybridized carbons (Fsp3) is 0.316. The van der Waals surface area contributed by atoms with Crippen molar-refractivity contribution in [2.75, 3.05) is 38.7 Å². The molecule has 1 aliphatic rings. The van der Waals surface area contributed by atoms with Crippen LogP contribution in [0.15, 0.2) is 48.5 Å². The summed E-state index contributed by atoms with van der Waals surface area (Å²) in [7, 11) is 1.59. The summed E-state index contributed by atoms with van der Waals surface area (Å²) in [5, 5.41) is 2.89. The van der Waals surface area contributed by atoms with Crippen molar-refractivity contribution >= 4 is 11.6 Å². The molecule has 5 heteroatoms. The van der Waals surface area contributed by atoms with Gasteiger partial charge in [0.2, 0.25) is 0 Å². The Bertz CT molecular complexity index is 679. The van der Waals surface area contributed by atoms with E-state index in [1.165, 1.54) is 10.5 Å². The zero-order chi connectivity index (χ0) is 16.8. The van der Waals surface area contributed by atoms with Gasteiger partial charge in [0.05, 0.1) is 26.0 Å². The van der Waals surface area contributed by atoms with E-state index in [0.29, 0.717) is 17.0 Å². The lowest BCUT2D eigenvalue weighted by atomic mass is 10.1. The zero-order valence-electron chi connectivity index (χ0n) is 13.9. The predicted molar refractivity (Wildman–Crippen MR) is 92.6 cm³/mol. The van der Waals surface area contributed by atoms with Crippen molar-refractivity contribution in [1.82, 2.24) is 0 Å². The van der Waals surface area contributed by atoms with E-state index in [1.54, 1.807) is 7.11 Å². The molecule has 0 unspecified atom stereocenters. The number of methoxy groups -OCH3 is 1. The number of nitrogens with one attached hydrogen (secondary N) is 2. The molecule has 2 N–H and O–H groups in total. The number of rotatable bonds is 5. The van der Waals surface area contributed by atoms with E-state index in [1.807, 2.05) is 48.5 Å². The van der Waals surface area contributed by atoms with Crippen LogP contribution in [0.2, 0.25) is 0 Å². The Morgan fingerprint density at radius 2 is 1.83 bits per heavy atom. The molecule has 1 saturated heterocycles. The normalized spacial score (nSPS) is 15.0. The van der Waals surface area contributed by atoms with Crippen LogP contribution in [0, 0.1) is 0 Å². The summed E-state index contributed by atoms with van der Waals surface area (Å²) in [6.45, 7) is 4.70. The summed E-state index contributed by atoms with van der Waals surface area (Å²) in [5.74, 6) is 0.517. The maximum Gasteiger partial charge on any atom is 0.255 e. The lowest BCUT2D eigenvalue weighted by Crippen LogP contribution is -3.12. The molecule has 0 radical (unpaired) electrons. The van der Waals surface area contributed by atoms with Crippen LogP contribution in [0.25, 0.3) is 0 Å². The topological polar surface area (TPSA) is 52.0 Å². The summed E-state index contributed by atoms with van der Waals surface area (Å²) >= 11 is 0. The molecule has 2 aromatic carbocycles. The van der Waals surface area contributed by atoms with Gasteiger partial charge in [0.25, 0.3) is 5.91 Å². The molecule has 1 aliphatic heterocycles. The van der Waals surface area contributed by atoms with Crippen molar-refractivity contribution in [3.63, 3.8) is 0 Å². The number of morpholine rings is 1. The van der Waals surface area contributed by atoms with Gasteiger partial charge in [-0.15, -0.1) is 0 Å². The number of ether oxygens (including phenoxy) is 2. The molecule has 5 nitrogen and oxygen atoms in total. The van der Waals surface area contributed by atoms with E-state index < -0.39 is 0 Å². The maximum atomic E-state index is 12.4. The number of benzene rings is 2. The lowest BCUT2D eigenvalue weighted by Gasteiger charge is -2.23. The van der Waals surface area contributed by atoms with Gasteiger partial charge in [-0.2, -0.15) is 0 Å². The van der Waals surface area contributed by atoms with Gasteiger partial charge in [-0.3, -0.25) is 4.79 Å². The highest BCUT2D eigenvalue weighted by molar-refractivity contribution is 6.05. The number of hydrogen-bond donors (Lipinski definition) is 2. The number of hydrogen-bond acceptors (Lipinski definition) is 3. The first kappa shape index (κ1) is 16.5. The summed E-state index contributed by atoms with van der Waals surface area (Å²) in [4.78, 5) is 13.9. The van der Waals surface area contributed by atoms with Crippen molar-refractivity contribution in [1.29, 1.82) is 0 Å². The second-order valence-corrected chi connectivity index (χ2v) is 5.89. The molecule has 0 bridgehead atoms. The molecule has 24 heavy (non-hydrogen) atoms. The van der Waals surface area contributed by atoms with Gasteiger partial charge in [-0.25, -0.2) is 0 Å². The van der Waals surface area contributed by atoms with Gasteiger partial charge in [0, 0.05) is 11.1 Å². The Labute approximate surface area is 142 Å². The van der Waals surface area contributed by atoms with Crippen LogP contribution in [0.4, 0.5) is 5.69 Å². The van der Waals surface area contributed by atoms with E-state index in [0.717, 1.165) is 32.8 Å². The first-order chi connectivity index (χ1) is 11.8. The Hall–Kier alpha value is -2.37. The minimum absolute atomic E-state index is 0.134. The molecular formula is C19H23N2O3+. The van der Waals surface area contributed by atoms with Gasteiger partial charge >= 0.3 is 0 Å². The molecule has 1 fully saturated rings. The number of carbonyl (C=O) groups excluding carboxylic acids is 1. The van der Waals surface area contributed by atoms with Crippen molar-refractivity contribution in [3.8, 4) is 5.75 Å². The van der Waals surface area contributed by atoms with E-state index in [2.05, 4.69) is 5.32 Å². The Balaban J connectivity index is 1.63. The zero-order valence-corrected chi connectivity index (χ0v) is 13.9. The molecule has 3 rings (SSSR count). The summed E-state index contributed by atoms with van der Waals surface area (Å²) in [5.41, 5.74) is 2.55. The number of para-hydroxylation sites is 2. The van der Waals surface area contributed by atoms with E-state index >= 15 is 0 Å². The van der Waals surface area contributed by atoms with Crippen LogP contribution in [0.5, 0.6) is 5.75 Å². The smallest absolute Gasteiger partial charge is 0.255 e. The Kier molecular flexibility index (Phi) is 5.46. The van der Waals surface area contributed by atoms with Crippen molar-refractivity contribution in [2.45, 2.75) is 6.54 Å². The molecule has 0 spiro atoms. The van der Waals surface area contributed by atoms with Gasteiger partial charge in [0.1, 0.15) is 25.4 Å². The minimum Gasteiger partial charge on any atom is -0.495 e. The summed E-state index contributed by atoms with van der Waals surface area (Å²) in [6.07, 6.45) is 0. The second kappa shape index (κ2) is 7.95. The maximum absolute atomic E-state index is 12.4. The Morgan fingerprint density at radius 3 is 2.54 bits per heavy atom. The van der Waals surface area contributed by atoms with Crippen molar-refractivity contribution in [2.24, 2.45) is 0 Å². The number of quaternary nitrogens is 1. The second-order valence-electron chi connectivity index (χ2n) is 5.89. The quantitative estimate of drug-likeness (QED) is 0.872. The minimum atomic E-state index is -0.134. The fourth-order valence-electron chi connectivity index (χ4n) is 2.84. The van der Waals surface area contributed by atoms with Gasteiger partial charge in [-0.1, -0.05) is 24.3 Å². The molecule has 126 valence electrons. The third kappa shape index (κ3) is 4.13. The molecule has 1 heterocycles. The SMILES string of the molecule is COc1ccccc1NC(=O)c1ccc(C[NH+]2CCOCC2)cc1. The first-order valence-corrected chi connectivity index (χ1v) is 8.21. The number of carbonyl (C=O) groups is 1. The third-order valence-electron chi connectivity index (χ3n) is 4.23. The summed E-state index contributed by atoms with van der Waals surface area (Å²) < 4.78 is 10.6. The van der Waals surface area contributed by atoms with Crippen LogP contribution < -0.4 is 15.0 Å². The van der Waals surface area contributed by atoms with E-state index in [4.69, 9.17) is 9.47 Å². The van der Waals surface area contributed by atoms with E-state index in [9.17, 15) is 4.79 Å². The number of amides is 1. The largest absolute Gasteiger partial charge is 0.495 e. The third-order valence-corrected chi connectivity index (χ3v) is 4.23. The van der Waals surface area contributed by atoms with Crippen LogP contribution in [-0.4, -0.2) is 39.3 Å². The number of anilines is 1. The van der Waals surface area contributed by atoms with Crippen LogP contribution in [0.1, 0.15) is 15.9 Å². The monoisotopic (exact) mass is 327 g/mol. The average Bonchev–Trinajstić information content (AvgIpc) is 2.63. The van der Waals surface area contributed by atoms with Crippen molar-refractivity contribution in [3.05, 3.63) is 59.7 Å². The van der Waals surface area contributed by atoms with Gasteiger partial charge < -0.3 is 19.7 Å². The predicted octanol–water partition coefficient (Wildman–Crippen LogP) is 1.36. The summed E-state index contributed by atoms with van der Waals surface area (Å²) in [6, 6.07) is 15.2. The Morgan fingerprint density at radius 1 is 1.12 bits per heavy atom. The molecule has 0 atom stereocenters. The standard InChI is InChI=1S/C19H22N2O3/c1-23-18-5-3-2-4-17(18)20-19(22)16-8-6-15(7-9-16)14-21-10-12-24-13-11-21/h2-9H,10-14H2,1H3,(H,20,22)/p+1. The molecule has 1 amide bonds. The van der Waals surface area contributed by atoms with Crippen LogP contribution >= 0.6 is 0 Å². The molecule has 0 saturated carbocycles. The first-order valence-electron chi connectivity index (χ1n) is 8.21. The van der Waals surface area contributed by atoms with Crippen molar-refractivity contribution < 1.29 is 19.2 Å². The van der Waals surface area contributed by atoms with Gasteiger partial charge in [-0.05, 0) is 24.3 Å². The fourth-order valence-corrected chi connectivity index (χ4v) is 2.84. The highest BCUT2D eigenvalue weighted by Crippen LogP contribution is 2.23.